The van der Waals surface area contributed by atoms with E-state index >= 15 is 0 Å². The lowest BCUT2D eigenvalue weighted by Gasteiger charge is -2.48. The van der Waals surface area contributed by atoms with Crippen LogP contribution in [0.3, 0.4) is 0 Å². The van der Waals surface area contributed by atoms with Crippen molar-refractivity contribution in [2.45, 2.75) is 70.4 Å². The summed E-state index contributed by atoms with van der Waals surface area (Å²) >= 11 is 0. The zero-order chi connectivity index (χ0) is 14.9. The van der Waals surface area contributed by atoms with Crippen LogP contribution in [0.2, 0.25) is 0 Å². The van der Waals surface area contributed by atoms with Crippen LogP contribution in [0, 0.1) is 11.3 Å². The van der Waals surface area contributed by atoms with Gasteiger partial charge in [0.15, 0.2) is 0 Å². The lowest BCUT2D eigenvalue weighted by Crippen LogP contribution is -2.57. The van der Waals surface area contributed by atoms with Crippen LogP contribution < -0.4 is 0 Å². The second-order valence-electron chi connectivity index (χ2n) is 7.50. The second-order valence-corrected chi connectivity index (χ2v) is 7.50. The Morgan fingerprint density at radius 1 is 1.24 bits per heavy atom. The van der Waals surface area contributed by atoms with Crippen LogP contribution in [-0.2, 0) is 9.53 Å². The van der Waals surface area contributed by atoms with E-state index in [1.807, 2.05) is 0 Å². The van der Waals surface area contributed by atoms with Gasteiger partial charge >= 0.3 is 5.97 Å². The summed E-state index contributed by atoms with van der Waals surface area (Å²) in [6, 6.07) is 0.461. The second kappa shape index (κ2) is 6.25. The minimum absolute atomic E-state index is 0.348. The number of carbonyl (C=O) groups is 1. The molecule has 4 nitrogen and oxygen atoms in total. The van der Waals surface area contributed by atoms with Gasteiger partial charge in [-0.2, -0.15) is 0 Å². The van der Waals surface area contributed by atoms with Crippen LogP contribution in [0.15, 0.2) is 0 Å². The van der Waals surface area contributed by atoms with Crippen molar-refractivity contribution in [1.82, 2.24) is 4.90 Å². The zero-order valence-electron chi connectivity index (χ0n) is 13.2. The minimum Gasteiger partial charge on any atom is -0.481 e. The Hall–Kier alpha value is -0.610. The molecule has 0 bridgehead atoms. The predicted octanol–water partition coefficient (Wildman–Crippen LogP) is 2.91. The summed E-state index contributed by atoms with van der Waals surface area (Å²) < 4.78 is 5.92. The van der Waals surface area contributed by atoms with Gasteiger partial charge in [0.2, 0.25) is 0 Å². The zero-order valence-corrected chi connectivity index (χ0v) is 13.2. The van der Waals surface area contributed by atoms with Gasteiger partial charge in [-0.05, 0) is 44.4 Å². The van der Waals surface area contributed by atoms with E-state index in [2.05, 4.69) is 11.8 Å². The number of carboxylic acid groups (broad SMARTS) is 1. The Balaban J connectivity index is 1.71. The van der Waals surface area contributed by atoms with Crippen molar-refractivity contribution < 1.29 is 14.6 Å². The first-order chi connectivity index (χ1) is 10.1. The molecule has 3 rings (SSSR count). The van der Waals surface area contributed by atoms with Crippen LogP contribution in [0.5, 0.6) is 0 Å². The van der Waals surface area contributed by atoms with Gasteiger partial charge in [0.05, 0.1) is 18.1 Å². The third kappa shape index (κ3) is 3.11. The number of nitrogens with zero attached hydrogens (tertiary/aromatic N) is 1. The van der Waals surface area contributed by atoms with Gasteiger partial charge in [0, 0.05) is 19.1 Å². The topological polar surface area (TPSA) is 49.8 Å². The molecule has 1 heterocycles. The van der Waals surface area contributed by atoms with E-state index in [0.717, 1.165) is 51.8 Å². The molecule has 2 aliphatic carbocycles. The van der Waals surface area contributed by atoms with E-state index in [9.17, 15) is 9.90 Å². The monoisotopic (exact) mass is 295 g/mol. The number of morpholine rings is 1. The van der Waals surface area contributed by atoms with Crippen molar-refractivity contribution in [1.29, 1.82) is 0 Å². The molecule has 0 aromatic rings. The number of aliphatic carboxylic acids is 1. The van der Waals surface area contributed by atoms with E-state index < -0.39 is 11.4 Å². The van der Waals surface area contributed by atoms with Crippen molar-refractivity contribution >= 4 is 5.97 Å². The maximum Gasteiger partial charge on any atom is 0.310 e. The van der Waals surface area contributed by atoms with Crippen LogP contribution in [-0.4, -0.2) is 47.8 Å². The molecule has 1 saturated heterocycles. The quantitative estimate of drug-likeness (QED) is 0.870. The minimum atomic E-state index is -0.576. The molecule has 0 aromatic heterocycles. The Morgan fingerprint density at radius 3 is 2.67 bits per heavy atom. The average Bonchev–Trinajstić information content (AvgIpc) is 2.50. The third-order valence-electron chi connectivity index (χ3n) is 6.04. The van der Waals surface area contributed by atoms with E-state index in [0.29, 0.717) is 18.1 Å². The van der Waals surface area contributed by atoms with Gasteiger partial charge < -0.3 is 9.84 Å². The molecular weight excluding hydrogens is 266 g/mol. The SMILES string of the molecule is CC1CCC(CN2CCOC3CCCCC32)(C(=O)O)CC1. The molecule has 1 aliphatic heterocycles. The van der Waals surface area contributed by atoms with E-state index in [-0.39, 0.29) is 0 Å². The van der Waals surface area contributed by atoms with Crippen LogP contribution in [0.4, 0.5) is 0 Å². The van der Waals surface area contributed by atoms with Crippen LogP contribution in [0.25, 0.3) is 0 Å². The molecule has 120 valence electrons. The van der Waals surface area contributed by atoms with Gasteiger partial charge in [-0.25, -0.2) is 0 Å². The first-order valence-corrected chi connectivity index (χ1v) is 8.70. The molecule has 4 heteroatoms. The summed E-state index contributed by atoms with van der Waals surface area (Å²) in [4.78, 5) is 14.4. The summed E-state index contributed by atoms with van der Waals surface area (Å²) in [5.74, 6) is 0.109. The lowest BCUT2D eigenvalue weighted by molar-refractivity contribution is -0.158. The largest absolute Gasteiger partial charge is 0.481 e. The molecule has 21 heavy (non-hydrogen) atoms. The first kappa shape index (κ1) is 15.3. The maximum atomic E-state index is 12.0. The highest BCUT2D eigenvalue weighted by Gasteiger charge is 2.45. The summed E-state index contributed by atoms with van der Waals surface area (Å²) in [5, 5.41) is 9.84. The normalized spacial score (nSPS) is 41.5. The highest BCUT2D eigenvalue weighted by Crippen LogP contribution is 2.41. The number of fused-ring (bicyclic) bond motifs is 1. The highest BCUT2D eigenvalue weighted by atomic mass is 16.5. The highest BCUT2D eigenvalue weighted by molar-refractivity contribution is 5.75. The number of hydrogen-bond donors (Lipinski definition) is 1. The van der Waals surface area contributed by atoms with Gasteiger partial charge in [-0.3, -0.25) is 9.69 Å². The van der Waals surface area contributed by atoms with E-state index in [1.165, 1.54) is 19.3 Å². The van der Waals surface area contributed by atoms with Crippen LogP contribution >= 0.6 is 0 Å². The Labute approximate surface area is 127 Å². The standard InChI is InChI=1S/C17H29NO3/c1-13-6-8-17(9-7-13,16(19)20)12-18-10-11-21-15-5-3-2-4-14(15)18/h13-15H,2-12H2,1H3,(H,19,20). The van der Waals surface area contributed by atoms with Crippen molar-refractivity contribution in [2.24, 2.45) is 11.3 Å². The molecule has 0 amide bonds. The van der Waals surface area contributed by atoms with Crippen LogP contribution in [0.1, 0.15) is 58.3 Å². The predicted molar refractivity (Wildman–Crippen MR) is 81.3 cm³/mol. The number of ether oxygens (including phenoxy) is 1. The fraction of sp³-hybridized carbons (Fsp3) is 0.941. The molecular formula is C17H29NO3. The summed E-state index contributed by atoms with van der Waals surface area (Å²) in [5.41, 5.74) is -0.508. The average molecular weight is 295 g/mol. The number of hydrogen-bond acceptors (Lipinski definition) is 3. The van der Waals surface area contributed by atoms with Crippen molar-refractivity contribution in [3.63, 3.8) is 0 Å². The lowest BCUT2D eigenvalue weighted by atomic mass is 9.70. The molecule has 1 N–H and O–H groups in total. The fourth-order valence-electron chi connectivity index (χ4n) is 4.52. The summed E-state index contributed by atoms with van der Waals surface area (Å²) in [7, 11) is 0. The molecule has 0 radical (unpaired) electrons. The smallest absolute Gasteiger partial charge is 0.310 e. The maximum absolute atomic E-state index is 12.0. The number of rotatable bonds is 3. The van der Waals surface area contributed by atoms with Gasteiger partial charge in [0.1, 0.15) is 0 Å². The molecule has 3 aliphatic rings. The molecule has 0 spiro atoms. The Bertz CT molecular complexity index is 374. The fourth-order valence-corrected chi connectivity index (χ4v) is 4.52. The Kier molecular flexibility index (Phi) is 4.55. The molecule has 2 saturated carbocycles. The molecule has 3 fully saturated rings. The van der Waals surface area contributed by atoms with Gasteiger partial charge in [-0.15, -0.1) is 0 Å². The molecule has 2 atom stereocenters. The summed E-state index contributed by atoms with van der Waals surface area (Å²) in [6.45, 7) is 4.66. The van der Waals surface area contributed by atoms with Crippen molar-refractivity contribution in [2.75, 3.05) is 19.7 Å². The van der Waals surface area contributed by atoms with Crippen molar-refractivity contribution in [3.05, 3.63) is 0 Å². The third-order valence-corrected chi connectivity index (χ3v) is 6.04. The number of carboxylic acids is 1. The molecule has 0 aromatic carbocycles. The van der Waals surface area contributed by atoms with Crippen molar-refractivity contribution in [3.8, 4) is 0 Å². The first-order valence-electron chi connectivity index (χ1n) is 8.70. The van der Waals surface area contributed by atoms with E-state index in [4.69, 9.17) is 4.74 Å². The Morgan fingerprint density at radius 2 is 1.95 bits per heavy atom. The van der Waals surface area contributed by atoms with Gasteiger partial charge in [-0.1, -0.05) is 19.8 Å². The summed E-state index contributed by atoms with van der Waals surface area (Å²) in [6.07, 6.45) is 9.01. The van der Waals surface area contributed by atoms with Gasteiger partial charge in [0.25, 0.3) is 0 Å². The molecule has 2 unspecified atom stereocenters. The van der Waals surface area contributed by atoms with E-state index in [1.54, 1.807) is 0 Å².